The zero-order valence-corrected chi connectivity index (χ0v) is 16.3. The van der Waals surface area contributed by atoms with Gasteiger partial charge in [-0.05, 0) is 48.7 Å². The third-order valence-corrected chi connectivity index (χ3v) is 6.94. The molecule has 0 aromatic heterocycles. The van der Waals surface area contributed by atoms with Gasteiger partial charge < -0.3 is 4.90 Å². The molecule has 0 bridgehead atoms. The molecule has 0 radical (unpaired) electrons. The minimum Gasteiger partial charge on any atom is -0.369 e. The molecule has 0 spiro atoms. The lowest BCUT2D eigenvalue weighted by Gasteiger charge is -2.36. The minimum absolute atomic E-state index is 0.165. The Balaban J connectivity index is 1.17. The van der Waals surface area contributed by atoms with Gasteiger partial charge in [0.15, 0.2) is 0 Å². The summed E-state index contributed by atoms with van der Waals surface area (Å²) in [5, 5.41) is 0. The maximum Gasteiger partial charge on any atom is 0.123 e. The molecular weight excluding hydrogens is 359 g/mol. The molecule has 4 nitrogen and oxygen atoms in total. The van der Waals surface area contributed by atoms with E-state index in [1.165, 1.54) is 29.8 Å². The summed E-state index contributed by atoms with van der Waals surface area (Å²) in [5.41, 5.74) is 5.47. The van der Waals surface area contributed by atoms with Crippen molar-refractivity contribution in [3.05, 3.63) is 53.8 Å². The fourth-order valence-electron chi connectivity index (χ4n) is 4.31. The van der Waals surface area contributed by atoms with Crippen molar-refractivity contribution in [2.45, 2.75) is 12.8 Å². The predicted octanol–water partition coefficient (Wildman–Crippen LogP) is 3.78. The van der Waals surface area contributed by atoms with Gasteiger partial charge in [-0.25, -0.2) is 4.39 Å². The first-order valence-electron chi connectivity index (χ1n) is 9.86. The molecule has 0 atom stereocenters. The van der Waals surface area contributed by atoms with Crippen LogP contribution < -0.4 is 13.5 Å². The average Bonchev–Trinajstić information content (AvgIpc) is 3.07. The monoisotopic (exact) mass is 384 g/mol. The van der Waals surface area contributed by atoms with E-state index < -0.39 is 0 Å². The van der Waals surface area contributed by atoms with Crippen LogP contribution in [0.4, 0.5) is 21.5 Å². The molecule has 3 heterocycles. The quantitative estimate of drug-likeness (QED) is 0.742. The number of para-hydroxylation sites is 1. The maximum absolute atomic E-state index is 13.1. The fourth-order valence-corrected chi connectivity index (χ4v) is 5.45. The Bertz CT molecular complexity index is 804. The molecule has 6 heteroatoms. The van der Waals surface area contributed by atoms with Crippen molar-refractivity contribution in [3.8, 4) is 0 Å². The van der Waals surface area contributed by atoms with Crippen LogP contribution in [-0.4, -0.2) is 50.7 Å². The van der Waals surface area contributed by atoms with Crippen LogP contribution in [-0.2, 0) is 6.42 Å². The number of nitrogens with zero attached hydrogens (tertiary/aromatic N) is 4. The molecule has 5 rings (SSSR count). The number of hydrogen-bond donors (Lipinski definition) is 0. The number of piperazine rings is 1. The SMILES string of the molecule is Fc1ccc(N2CCN(CCN3SN4CCCc5cccc3c54)CC2)cc1. The number of anilines is 3. The van der Waals surface area contributed by atoms with Crippen molar-refractivity contribution in [1.82, 2.24) is 4.90 Å². The third kappa shape index (κ3) is 3.36. The second kappa shape index (κ2) is 7.24. The second-order valence-corrected chi connectivity index (χ2v) is 8.52. The predicted molar refractivity (Wildman–Crippen MR) is 112 cm³/mol. The Labute approximate surface area is 164 Å². The van der Waals surface area contributed by atoms with Gasteiger partial charge in [0.05, 0.1) is 23.5 Å². The Morgan fingerprint density at radius 3 is 2.52 bits per heavy atom. The van der Waals surface area contributed by atoms with Gasteiger partial charge in [-0.2, -0.15) is 0 Å². The fraction of sp³-hybridized carbons (Fsp3) is 0.429. The maximum atomic E-state index is 13.1. The van der Waals surface area contributed by atoms with Crippen LogP contribution in [0.2, 0.25) is 0 Å². The van der Waals surface area contributed by atoms with Crippen molar-refractivity contribution >= 4 is 29.2 Å². The Kier molecular flexibility index (Phi) is 4.61. The summed E-state index contributed by atoms with van der Waals surface area (Å²) in [6.45, 7) is 7.42. The molecule has 0 amide bonds. The van der Waals surface area contributed by atoms with E-state index in [1.54, 1.807) is 12.1 Å². The molecule has 0 saturated carbocycles. The lowest BCUT2D eigenvalue weighted by molar-refractivity contribution is 0.265. The van der Waals surface area contributed by atoms with Crippen LogP contribution in [0.5, 0.6) is 0 Å². The Morgan fingerprint density at radius 2 is 1.70 bits per heavy atom. The van der Waals surface area contributed by atoms with Crippen molar-refractivity contribution in [3.63, 3.8) is 0 Å². The summed E-state index contributed by atoms with van der Waals surface area (Å²) in [7, 11) is 0. The van der Waals surface area contributed by atoms with Crippen LogP contribution in [0.3, 0.4) is 0 Å². The number of benzene rings is 2. The zero-order valence-electron chi connectivity index (χ0n) is 15.5. The van der Waals surface area contributed by atoms with E-state index in [0.717, 1.165) is 51.5 Å². The van der Waals surface area contributed by atoms with Crippen molar-refractivity contribution in [2.75, 3.05) is 59.3 Å². The largest absolute Gasteiger partial charge is 0.369 e. The van der Waals surface area contributed by atoms with E-state index >= 15 is 0 Å². The van der Waals surface area contributed by atoms with E-state index in [0.29, 0.717) is 0 Å². The highest BCUT2D eigenvalue weighted by molar-refractivity contribution is 8.02. The van der Waals surface area contributed by atoms with Gasteiger partial charge in [-0.1, -0.05) is 12.1 Å². The molecule has 3 aliphatic rings. The molecule has 2 aromatic carbocycles. The topological polar surface area (TPSA) is 13.0 Å². The summed E-state index contributed by atoms with van der Waals surface area (Å²) in [6, 6.07) is 13.6. The molecule has 1 saturated heterocycles. The Morgan fingerprint density at radius 1 is 0.889 bits per heavy atom. The van der Waals surface area contributed by atoms with E-state index in [1.807, 2.05) is 24.3 Å². The molecule has 1 fully saturated rings. The number of halogens is 1. The normalized spacial score (nSPS) is 19.5. The summed E-state index contributed by atoms with van der Waals surface area (Å²) in [6.07, 6.45) is 2.46. The van der Waals surface area contributed by atoms with E-state index in [2.05, 4.69) is 36.6 Å². The van der Waals surface area contributed by atoms with Crippen LogP contribution in [0.1, 0.15) is 12.0 Å². The molecule has 0 unspecified atom stereocenters. The highest BCUT2D eigenvalue weighted by Gasteiger charge is 2.32. The smallest absolute Gasteiger partial charge is 0.123 e. The lowest BCUT2D eigenvalue weighted by Crippen LogP contribution is -2.48. The molecule has 27 heavy (non-hydrogen) atoms. The van der Waals surface area contributed by atoms with Crippen molar-refractivity contribution < 1.29 is 4.39 Å². The van der Waals surface area contributed by atoms with Crippen LogP contribution in [0.25, 0.3) is 0 Å². The molecule has 142 valence electrons. The highest BCUT2D eigenvalue weighted by atomic mass is 32.2. The van der Waals surface area contributed by atoms with Crippen LogP contribution in [0.15, 0.2) is 42.5 Å². The van der Waals surface area contributed by atoms with Gasteiger partial charge in [0.1, 0.15) is 5.82 Å². The van der Waals surface area contributed by atoms with Gasteiger partial charge in [-0.15, -0.1) is 0 Å². The standard InChI is InChI=1S/C21H25FN4S/c22-18-6-8-19(9-7-18)24-14-11-23(12-15-24)13-16-25-20-5-1-3-17-4-2-10-26(27-25)21(17)20/h1,3,5-9H,2,4,10-16H2. The average molecular weight is 385 g/mol. The highest BCUT2D eigenvalue weighted by Crippen LogP contribution is 2.48. The first kappa shape index (κ1) is 17.2. The van der Waals surface area contributed by atoms with E-state index in [9.17, 15) is 4.39 Å². The van der Waals surface area contributed by atoms with E-state index in [4.69, 9.17) is 0 Å². The van der Waals surface area contributed by atoms with Gasteiger partial charge >= 0.3 is 0 Å². The number of hydrogen-bond acceptors (Lipinski definition) is 5. The zero-order chi connectivity index (χ0) is 18.2. The Hall–Kier alpha value is -1.92. The minimum atomic E-state index is -0.165. The summed E-state index contributed by atoms with van der Waals surface area (Å²) < 4.78 is 18.1. The summed E-state index contributed by atoms with van der Waals surface area (Å²) >= 11 is 1.89. The molecular formula is C21H25FN4S. The number of aryl methyl sites for hydroxylation is 1. The van der Waals surface area contributed by atoms with Gasteiger partial charge in [0.25, 0.3) is 0 Å². The molecule has 0 N–H and O–H groups in total. The molecule has 3 aliphatic heterocycles. The van der Waals surface area contributed by atoms with Crippen LogP contribution >= 0.6 is 12.1 Å². The van der Waals surface area contributed by atoms with Gasteiger partial charge in [0.2, 0.25) is 0 Å². The van der Waals surface area contributed by atoms with Crippen LogP contribution in [0, 0.1) is 5.82 Å². The first-order chi connectivity index (χ1) is 13.3. The second-order valence-electron chi connectivity index (χ2n) is 7.48. The van der Waals surface area contributed by atoms with Crippen molar-refractivity contribution in [2.24, 2.45) is 0 Å². The lowest BCUT2D eigenvalue weighted by atomic mass is 10.0. The third-order valence-electron chi connectivity index (χ3n) is 5.80. The summed E-state index contributed by atoms with van der Waals surface area (Å²) in [5.74, 6) is -0.165. The van der Waals surface area contributed by atoms with Crippen molar-refractivity contribution in [1.29, 1.82) is 0 Å². The van der Waals surface area contributed by atoms with E-state index in [-0.39, 0.29) is 5.82 Å². The summed E-state index contributed by atoms with van der Waals surface area (Å²) in [4.78, 5) is 4.90. The molecule has 0 aliphatic carbocycles. The molecule has 2 aromatic rings. The number of rotatable bonds is 4. The van der Waals surface area contributed by atoms with Gasteiger partial charge in [0, 0.05) is 51.5 Å². The first-order valence-corrected chi connectivity index (χ1v) is 10.6. The van der Waals surface area contributed by atoms with Gasteiger partial charge in [-0.3, -0.25) is 13.5 Å².